The third kappa shape index (κ3) is 4.22. The van der Waals surface area contributed by atoms with Gasteiger partial charge in [0.2, 0.25) is 0 Å². The lowest BCUT2D eigenvalue weighted by atomic mass is 9.77. The number of ether oxygens (including phenoxy) is 3. The predicted molar refractivity (Wildman–Crippen MR) is 133 cm³/mol. The van der Waals surface area contributed by atoms with Crippen LogP contribution in [-0.4, -0.2) is 55.5 Å². The van der Waals surface area contributed by atoms with E-state index in [9.17, 15) is 4.79 Å². The molecule has 2 aromatic rings. The zero-order chi connectivity index (χ0) is 24.5. The fourth-order valence-electron chi connectivity index (χ4n) is 4.80. The fraction of sp³-hybridized carbons (Fsp3) is 0.407. The molecule has 4 rings (SSSR count). The normalized spacial score (nSPS) is 19.3. The Morgan fingerprint density at radius 1 is 1.21 bits per heavy atom. The van der Waals surface area contributed by atoms with Crippen LogP contribution in [0.4, 0.5) is 0 Å². The van der Waals surface area contributed by atoms with Gasteiger partial charge >= 0.3 is 0 Å². The lowest BCUT2D eigenvalue weighted by molar-refractivity contribution is 0.0284. The second-order valence-electron chi connectivity index (χ2n) is 9.05. The van der Waals surface area contributed by atoms with Crippen LogP contribution >= 0.6 is 0 Å². The molecule has 1 saturated heterocycles. The summed E-state index contributed by atoms with van der Waals surface area (Å²) >= 11 is 0. The molecule has 2 aliphatic rings. The molecule has 7 heteroatoms. The number of aryl methyl sites for hydroxylation is 1. The SMILES string of the molecule is CN=C1C(=CN)C2(CCN(C(=O)c3ccc(OC(C)C)c(C)c3)CC2)Oc2ccc(OC)cc21. The Bertz CT molecular complexity index is 1140. The maximum atomic E-state index is 13.3. The molecule has 1 amide bonds. The average molecular weight is 464 g/mol. The van der Waals surface area contributed by atoms with Gasteiger partial charge in [0.1, 0.15) is 22.8 Å². The van der Waals surface area contributed by atoms with E-state index in [4.69, 9.17) is 19.9 Å². The van der Waals surface area contributed by atoms with Gasteiger partial charge in [-0.15, -0.1) is 0 Å². The van der Waals surface area contributed by atoms with E-state index in [1.165, 1.54) is 0 Å². The Kier molecular flexibility index (Phi) is 6.55. The second kappa shape index (κ2) is 9.41. The number of aliphatic imine (C=N–C) groups is 1. The molecular formula is C27H33N3O4. The van der Waals surface area contributed by atoms with Crippen LogP contribution in [-0.2, 0) is 0 Å². The number of hydrogen-bond acceptors (Lipinski definition) is 6. The molecule has 1 spiro atoms. The van der Waals surface area contributed by atoms with Crippen molar-refractivity contribution in [2.75, 3.05) is 27.2 Å². The molecule has 0 atom stereocenters. The topological polar surface area (TPSA) is 86.4 Å². The van der Waals surface area contributed by atoms with E-state index in [0.29, 0.717) is 31.5 Å². The number of likely N-dealkylation sites (tertiary alicyclic amines) is 1. The molecule has 7 nitrogen and oxygen atoms in total. The van der Waals surface area contributed by atoms with Crippen LogP contribution in [0.3, 0.4) is 0 Å². The summed E-state index contributed by atoms with van der Waals surface area (Å²) in [5.41, 5.74) is 9.63. The molecule has 0 bridgehead atoms. The van der Waals surface area contributed by atoms with Gasteiger partial charge in [-0.2, -0.15) is 0 Å². The zero-order valence-electron chi connectivity index (χ0n) is 20.6. The number of methoxy groups -OCH3 is 1. The lowest BCUT2D eigenvalue weighted by Gasteiger charge is -2.46. The second-order valence-corrected chi connectivity index (χ2v) is 9.05. The highest BCUT2D eigenvalue weighted by molar-refractivity contribution is 6.16. The zero-order valence-corrected chi connectivity index (χ0v) is 20.6. The van der Waals surface area contributed by atoms with Crippen LogP contribution in [0.5, 0.6) is 17.2 Å². The molecule has 180 valence electrons. The van der Waals surface area contributed by atoms with Crippen molar-refractivity contribution in [1.29, 1.82) is 0 Å². The summed E-state index contributed by atoms with van der Waals surface area (Å²) in [6.45, 7) is 7.06. The quantitative estimate of drug-likeness (QED) is 0.737. The number of nitrogens with two attached hydrogens (primary N) is 1. The highest BCUT2D eigenvalue weighted by atomic mass is 16.5. The van der Waals surface area contributed by atoms with Crippen molar-refractivity contribution in [1.82, 2.24) is 4.90 Å². The van der Waals surface area contributed by atoms with Crippen molar-refractivity contribution < 1.29 is 19.0 Å². The molecule has 2 aromatic carbocycles. The number of rotatable bonds is 4. The minimum atomic E-state index is -0.618. The van der Waals surface area contributed by atoms with Crippen LogP contribution in [0.2, 0.25) is 0 Å². The molecular weight excluding hydrogens is 430 g/mol. The number of carbonyl (C=O) groups excluding carboxylic acids is 1. The minimum Gasteiger partial charge on any atom is -0.497 e. The van der Waals surface area contributed by atoms with Crippen molar-refractivity contribution in [3.05, 3.63) is 64.9 Å². The first kappa shape index (κ1) is 23.7. The molecule has 0 aromatic heterocycles. The number of amides is 1. The van der Waals surface area contributed by atoms with Crippen molar-refractivity contribution in [2.24, 2.45) is 10.7 Å². The van der Waals surface area contributed by atoms with E-state index in [-0.39, 0.29) is 12.0 Å². The van der Waals surface area contributed by atoms with Gasteiger partial charge in [-0.25, -0.2) is 0 Å². The van der Waals surface area contributed by atoms with Gasteiger partial charge in [0.25, 0.3) is 5.91 Å². The van der Waals surface area contributed by atoms with Gasteiger partial charge in [-0.1, -0.05) is 0 Å². The first-order valence-corrected chi connectivity index (χ1v) is 11.7. The molecule has 2 aliphatic heterocycles. The van der Waals surface area contributed by atoms with E-state index in [1.54, 1.807) is 20.4 Å². The number of piperidine rings is 1. The Hall–Kier alpha value is -3.48. The maximum absolute atomic E-state index is 13.3. The van der Waals surface area contributed by atoms with E-state index >= 15 is 0 Å². The Labute approximate surface area is 201 Å². The number of hydrogen-bond donors (Lipinski definition) is 1. The fourth-order valence-corrected chi connectivity index (χ4v) is 4.80. The van der Waals surface area contributed by atoms with Gasteiger partial charge in [-0.05, 0) is 62.7 Å². The molecule has 1 fully saturated rings. The molecule has 2 heterocycles. The van der Waals surface area contributed by atoms with Crippen LogP contribution in [0, 0.1) is 6.92 Å². The van der Waals surface area contributed by atoms with Crippen molar-refractivity contribution in [3.8, 4) is 17.2 Å². The van der Waals surface area contributed by atoms with Gasteiger partial charge < -0.3 is 24.8 Å². The maximum Gasteiger partial charge on any atom is 0.253 e. The smallest absolute Gasteiger partial charge is 0.253 e. The first-order valence-electron chi connectivity index (χ1n) is 11.7. The summed E-state index contributed by atoms with van der Waals surface area (Å²) in [5.74, 6) is 2.30. The molecule has 0 radical (unpaired) electrons. The van der Waals surface area contributed by atoms with Crippen LogP contribution in [0.25, 0.3) is 0 Å². The average Bonchev–Trinajstić information content (AvgIpc) is 2.84. The summed E-state index contributed by atoms with van der Waals surface area (Å²) < 4.78 is 17.8. The highest BCUT2D eigenvalue weighted by Gasteiger charge is 2.46. The van der Waals surface area contributed by atoms with Crippen molar-refractivity contribution in [3.63, 3.8) is 0 Å². The van der Waals surface area contributed by atoms with Gasteiger partial charge in [-0.3, -0.25) is 9.79 Å². The van der Waals surface area contributed by atoms with E-state index in [1.807, 2.05) is 62.1 Å². The molecule has 2 N–H and O–H groups in total. The monoisotopic (exact) mass is 463 g/mol. The Balaban J connectivity index is 1.55. The standard InChI is InChI=1S/C27H33N3O4/c1-17(2)33-23-8-6-19(14-18(23)3)26(31)30-12-10-27(11-13-30)22(16-28)25(29-4)21-15-20(32-5)7-9-24(21)34-27/h6-9,14-17H,10-13,28H2,1-5H3. The van der Waals surface area contributed by atoms with E-state index in [2.05, 4.69) is 4.99 Å². The Morgan fingerprint density at radius 2 is 1.94 bits per heavy atom. The molecule has 0 unspecified atom stereocenters. The largest absolute Gasteiger partial charge is 0.497 e. The van der Waals surface area contributed by atoms with Crippen LogP contribution in [0.1, 0.15) is 48.2 Å². The van der Waals surface area contributed by atoms with Gasteiger partial charge in [0.15, 0.2) is 0 Å². The van der Waals surface area contributed by atoms with E-state index < -0.39 is 5.60 Å². The summed E-state index contributed by atoms with van der Waals surface area (Å²) in [6, 6.07) is 11.3. The first-order chi connectivity index (χ1) is 16.3. The summed E-state index contributed by atoms with van der Waals surface area (Å²) in [5, 5.41) is 0. The number of nitrogens with zero attached hydrogens (tertiary/aromatic N) is 2. The van der Waals surface area contributed by atoms with Crippen molar-refractivity contribution in [2.45, 2.75) is 45.3 Å². The highest BCUT2D eigenvalue weighted by Crippen LogP contribution is 2.44. The summed E-state index contributed by atoms with van der Waals surface area (Å²) in [6.07, 6.45) is 2.93. The van der Waals surface area contributed by atoms with Crippen LogP contribution < -0.4 is 19.9 Å². The third-order valence-corrected chi connectivity index (χ3v) is 6.53. The van der Waals surface area contributed by atoms with Crippen LogP contribution in [0.15, 0.2) is 53.2 Å². The predicted octanol–water partition coefficient (Wildman–Crippen LogP) is 4.12. The summed E-state index contributed by atoms with van der Waals surface area (Å²) in [4.78, 5) is 19.7. The summed E-state index contributed by atoms with van der Waals surface area (Å²) in [7, 11) is 3.39. The molecule has 0 aliphatic carbocycles. The van der Waals surface area contributed by atoms with Crippen molar-refractivity contribution >= 4 is 11.6 Å². The van der Waals surface area contributed by atoms with E-state index in [0.717, 1.165) is 39.7 Å². The Morgan fingerprint density at radius 3 is 2.53 bits per heavy atom. The lowest BCUT2D eigenvalue weighted by Crippen LogP contribution is -2.54. The third-order valence-electron chi connectivity index (χ3n) is 6.53. The molecule has 0 saturated carbocycles. The number of carbonyl (C=O) groups is 1. The number of benzene rings is 2. The number of fused-ring (bicyclic) bond motifs is 1. The molecule has 34 heavy (non-hydrogen) atoms. The minimum absolute atomic E-state index is 0.0117. The van der Waals surface area contributed by atoms with Gasteiger partial charge in [0, 0.05) is 55.9 Å². The van der Waals surface area contributed by atoms with Gasteiger partial charge in [0.05, 0.1) is 18.9 Å².